The molecule has 1 aromatic carbocycles. The van der Waals surface area contributed by atoms with Crippen LogP contribution in [0.25, 0.3) is 5.70 Å². The normalized spacial score (nSPS) is 23.5. The lowest BCUT2D eigenvalue weighted by atomic mass is 9.82. The van der Waals surface area contributed by atoms with Gasteiger partial charge in [-0.05, 0) is 49.8 Å². The SMILES string of the molecule is COC1(C)CCN(C2=C(C#N)C(=O)Cc3ccc(C4(O)CCCC4)cc32)CC1. The Balaban J connectivity index is 1.76. The van der Waals surface area contributed by atoms with Crippen LogP contribution in [0.15, 0.2) is 23.8 Å². The van der Waals surface area contributed by atoms with Crippen molar-refractivity contribution in [1.82, 2.24) is 4.90 Å². The first-order valence-corrected chi connectivity index (χ1v) is 10.2. The third-order valence-electron chi connectivity index (χ3n) is 6.94. The topological polar surface area (TPSA) is 73.6 Å². The van der Waals surface area contributed by atoms with Crippen LogP contribution in [-0.4, -0.2) is 41.6 Å². The van der Waals surface area contributed by atoms with Crippen LogP contribution >= 0.6 is 0 Å². The summed E-state index contributed by atoms with van der Waals surface area (Å²) < 4.78 is 5.65. The maximum atomic E-state index is 12.6. The van der Waals surface area contributed by atoms with E-state index < -0.39 is 5.60 Å². The van der Waals surface area contributed by atoms with Crippen molar-refractivity contribution in [1.29, 1.82) is 5.26 Å². The van der Waals surface area contributed by atoms with Gasteiger partial charge in [-0.3, -0.25) is 4.79 Å². The highest BCUT2D eigenvalue weighted by molar-refractivity contribution is 6.10. The van der Waals surface area contributed by atoms with Crippen LogP contribution in [0.4, 0.5) is 0 Å². The number of nitrogens with zero attached hydrogens (tertiary/aromatic N) is 2. The minimum atomic E-state index is -0.787. The van der Waals surface area contributed by atoms with Gasteiger partial charge in [-0.15, -0.1) is 0 Å². The summed E-state index contributed by atoms with van der Waals surface area (Å²) in [6.45, 7) is 3.59. The standard InChI is InChI=1S/C23H28N2O3/c1-22(28-2)9-11-25(12-10-22)21-18-14-17(23(27)7-3-4-8-23)6-5-16(18)13-20(26)19(21)15-24/h5-6,14,27H,3-4,7-13H2,1-2H3. The second-order valence-electron chi connectivity index (χ2n) is 8.69. The zero-order valence-electron chi connectivity index (χ0n) is 16.8. The molecule has 1 heterocycles. The number of Topliss-reactive ketones (excluding diaryl/α,β-unsaturated/α-hetero) is 1. The number of carbonyl (C=O) groups is 1. The summed E-state index contributed by atoms with van der Waals surface area (Å²) in [7, 11) is 1.74. The van der Waals surface area contributed by atoms with Crippen molar-refractivity contribution in [3.05, 3.63) is 40.5 Å². The predicted molar refractivity (Wildman–Crippen MR) is 106 cm³/mol. The summed E-state index contributed by atoms with van der Waals surface area (Å²) in [5, 5.41) is 20.8. The molecule has 5 nitrogen and oxygen atoms in total. The van der Waals surface area contributed by atoms with E-state index in [1.54, 1.807) is 7.11 Å². The molecule has 0 amide bonds. The largest absolute Gasteiger partial charge is 0.385 e. The average molecular weight is 380 g/mol. The summed E-state index contributed by atoms with van der Waals surface area (Å²) >= 11 is 0. The molecule has 5 heteroatoms. The quantitative estimate of drug-likeness (QED) is 0.871. The fourth-order valence-corrected chi connectivity index (χ4v) is 4.87. The number of methoxy groups -OCH3 is 1. The number of rotatable bonds is 3. The first-order valence-electron chi connectivity index (χ1n) is 10.2. The number of hydrogen-bond donors (Lipinski definition) is 1. The van der Waals surface area contributed by atoms with Gasteiger partial charge in [-0.2, -0.15) is 5.26 Å². The number of piperidine rings is 1. The second-order valence-corrected chi connectivity index (χ2v) is 8.69. The monoisotopic (exact) mass is 380 g/mol. The highest BCUT2D eigenvalue weighted by Crippen LogP contribution is 2.42. The van der Waals surface area contributed by atoms with Crippen LogP contribution in [-0.2, 0) is 21.6 Å². The molecule has 28 heavy (non-hydrogen) atoms. The minimum absolute atomic E-state index is 0.114. The van der Waals surface area contributed by atoms with Crippen LogP contribution in [0, 0.1) is 11.3 Å². The summed E-state index contributed by atoms with van der Waals surface area (Å²) in [4.78, 5) is 14.8. The predicted octanol–water partition coefficient (Wildman–Crippen LogP) is 3.31. The number of nitriles is 1. The lowest BCUT2D eigenvalue weighted by Crippen LogP contribution is -2.43. The smallest absolute Gasteiger partial charge is 0.179 e. The Labute approximate surface area is 166 Å². The number of benzene rings is 1. The summed E-state index contributed by atoms with van der Waals surface area (Å²) in [6, 6.07) is 8.13. The molecule has 0 radical (unpaired) electrons. The number of hydrogen-bond acceptors (Lipinski definition) is 5. The first kappa shape index (κ1) is 19.2. The molecular formula is C23H28N2O3. The third kappa shape index (κ3) is 3.15. The fourth-order valence-electron chi connectivity index (χ4n) is 4.87. The van der Waals surface area contributed by atoms with Crippen LogP contribution in [0.3, 0.4) is 0 Å². The number of aliphatic hydroxyl groups is 1. The molecule has 2 fully saturated rings. The van der Waals surface area contributed by atoms with Gasteiger partial charge in [0, 0.05) is 32.2 Å². The maximum Gasteiger partial charge on any atom is 0.179 e. The number of carbonyl (C=O) groups excluding carboxylic acids is 1. The summed E-state index contributed by atoms with van der Waals surface area (Å²) in [5.41, 5.74) is 2.85. The van der Waals surface area contributed by atoms with Gasteiger partial charge in [0.1, 0.15) is 11.6 Å². The van der Waals surface area contributed by atoms with E-state index in [0.29, 0.717) is 0 Å². The van der Waals surface area contributed by atoms with Crippen LogP contribution in [0.1, 0.15) is 62.1 Å². The van der Waals surface area contributed by atoms with Gasteiger partial charge < -0.3 is 14.7 Å². The Kier molecular flexibility index (Phi) is 4.81. The molecule has 0 spiro atoms. The zero-order valence-corrected chi connectivity index (χ0v) is 16.8. The molecule has 1 aromatic rings. The van der Waals surface area contributed by atoms with Crippen molar-refractivity contribution < 1.29 is 14.6 Å². The number of allylic oxidation sites excluding steroid dienone is 1. The van der Waals surface area contributed by atoms with E-state index >= 15 is 0 Å². The van der Waals surface area contributed by atoms with E-state index in [1.165, 1.54) is 0 Å². The molecule has 2 aliphatic carbocycles. The molecule has 4 rings (SSSR count). The van der Waals surface area contributed by atoms with E-state index in [1.807, 2.05) is 18.2 Å². The van der Waals surface area contributed by atoms with Crippen molar-refractivity contribution >= 4 is 11.5 Å². The molecule has 1 saturated carbocycles. The molecule has 0 bridgehead atoms. The Morgan fingerprint density at radius 3 is 2.46 bits per heavy atom. The Bertz CT molecular complexity index is 866. The van der Waals surface area contributed by atoms with Gasteiger partial charge >= 0.3 is 0 Å². The van der Waals surface area contributed by atoms with Crippen molar-refractivity contribution in [2.45, 2.75) is 63.1 Å². The van der Waals surface area contributed by atoms with Crippen molar-refractivity contribution in [3.63, 3.8) is 0 Å². The van der Waals surface area contributed by atoms with Crippen molar-refractivity contribution in [2.75, 3.05) is 20.2 Å². The van der Waals surface area contributed by atoms with Crippen molar-refractivity contribution in [2.24, 2.45) is 0 Å². The number of fused-ring (bicyclic) bond motifs is 1. The average Bonchev–Trinajstić information content (AvgIpc) is 3.15. The van der Waals surface area contributed by atoms with Gasteiger partial charge in [0.25, 0.3) is 0 Å². The molecule has 0 unspecified atom stereocenters. The Hall–Kier alpha value is -2.16. The number of ether oxygens (including phenoxy) is 1. The fraction of sp³-hybridized carbons (Fsp3) is 0.565. The van der Waals surface area contributed by atoms with Crippen LogP contribution < -0.4 is 0 Å². The van der Waals surface area contributed by atoms with Gasteiger partial charge in [0.2, 0.25) is 0 Å². The first-order chi connectivity index (χ1) is 13.4. The maximum absolute atomic E-state index is 12.6. The van der Waals surface area contributed by atoms with E-state index in [9.17, 15) is 15.2 Å². The number of likely N-dealkylation sites (tertiary alicyclic amines) is 1. The Morgan fingerprint density at radius 2 is 1.86 bits per heavy atom. The lowest BCUT2D eigenvalue weighted by Gasteiger charge is -2.41. The molecule has 3 aliphatic rings. The lowest BCUT2D eigenvalue weighted by molar-refractivity contribution is -0.114. The van der Waals surface area contributed by atoms with Crippen LogP contribution in [0.2, 0.25) is 0 Å². The number of ketones is 1. The molecule has 148 valence electrons. The molecular weight excluding hydrogens is 352 g/mol. The van der Waals surface area contributed by atoms with Gasteiger partial charge in [-0.25, -0.2) is 0 Å². The molecule has 1 saturated heterocycles. The van der Waals surface area contributed by atoms with E-state index in [2.05, 4.69) is 17.9 Å². The molecule has 0 atom stereocenters. The Morgan fingerprint density at radius 1 is 1.18 bits per heavy atom. The van der Waals surface area contributed by atoms with Gasteiger partial charge in [-0.1, -0.05) is 25.0 Å². The van der Waals surface area contributed by atoms with E-state index in [4.69, 9.17) is 4.74 Å². The molecule has 1 N–H and O–H groups in total. The highest BCUT2D eigenvalue weighted by atomic mass is 16.5. The molecule has 0 aromatic heterocycles. The third-order valence-corrected chi connectivity index (χ3v) is 6.94. The van der Waals surface area contributed by atoms with Gasteiger partial charge in [0.05, 0.1) is 16.9 Å². The van der Waals surface area contributed by atoms with E-state index in [0.717, 1.165) is 74.0 Å². The second kappa shape index (κ2) is 7.02. The summed E-state index contributed by atoms with van der Waals surface area (Å²) in [6.07, 6.45) is 5.54. The summed E-state index contributed by atoms with van der Waals surface area (Å²) in [5.74, 6) is -0.114. The van der Waals surface area contributed by atoms with Crippen molar-refractivity contribution in [3.8, 4) is 6.07 Å². The minimum Gasteiger partial charge on any atom is -0.385 e. The van der Waals surface area contributed by atoms with Gasteiger partial charge in [0.15, 0.2) is 5.78 Å². The van der Waals surface area contributed by atoms with Crippen LogP contribution in [0.5, 0.6) is 0 Å². The van der Waals surface area contributed by atoms with E-state index in [-0.39, 0.29) is 23.4 Å². The highest BCUT2D eigenvalue weighted by Gasteiger charge is 2.37. The zero-order chi connectivity index (χ0) is 19.9. The molecule has 1 aliphatic heterocycles.